The molecule has 1 amide bonds. The van der Waals surface area contributed by atoms with Gasteiger partial charge in [0.2, 0.25) is 0 Å². The lowest BCUT2D eigenvalue weighted by Gasteiger charge is -2.13. The molecule has 0 saturated carbocycles. The Balaban J connectivity index is 1.85. The molecule has 128 valence electrons. The van der Waals surface area contributed by atoms with Gasteiger partial charge >= 0.3 is 0 Å². The van der Waals surface area contributed by atoms with E-state index in [1.807, 2.05) is 20.8 Å². The van der Waals surface area contributed by atoms with Crippen LogP contribution in [0, 0.1) is 5.41 Å². The van der Waals surface area contributed by atoms with Gasteiger partial charge in [-0.15, -0.1) is 0 Å². The maximum Gasteiger partial charge on any atom is 0.255 e. The van der Waals surface area contributed by atoms with Gasteiger partial charge in [0.25, 0.3) is 5.91 Å². The predicted molar refractivity (Wildman–Crippen MR) is 97.8 cm³/mol. The van der Waals surface area contributed by atoms with Crippen molar-refractivity contribution >= 4 is 28.7 Å². The molecule has 3 N–H and O–H groups in total. The molecule has 6 heteroatoms. The quantitative estimate of drug-likeness (QED) is 0.566. The average Bonchev–Trinajstić information content (AvgIpc) is 2.96. The molecule has 0 atom stereocenters. The fourth-order valence-electron chi connectivity index (χ4n) is 2.40. The van der Waals surface area contributed by atoms with Gasteiger partial charge in [-0.3, -0.25) is 9.59 Å². The maximum absolute atomic E-state index is 12.4. The number of benzene rings is 1. The van der Waals surface area contributed by atoms with Crippen molar-refractivity contribution in [3.05, 3.63) is 60.0 Å². The van der Waals surface area contributed by atoms with Gasteiger partial charge in [0.1, 0.15) is 11.3 Å². The standard InChI is InChI=1S/C19H20N4O2/c1-19(2,3)17(24)15-11-23-10-14(8-9-16(23)22-15)21-18(25)12-4-6-13(20)7-5-12/h4-11H,20H2,1-3H3,(H,21,25). The van der Waals surface area contributed by atoms with Crippen LogP contribution in [0.3, 0.4) is 0 Å². The zero-order valence-corrected chi connectivity index (χ0v) is 14.4. The minimum absolute atomic E-state index is 0.0244. The van der Waals surface area contributed by atoms with E-state index in [1.54, 1.807) is 53.2 Å². The summed E-state index contributed by atoms with van der Waals surface area (Å²) in [5, 5.41) is 2.83. The highest BCUT2D eigenvalue weighted by atomic mass is 16.1. The van der Waals surface area contributed by atoms with E-state index in [4.69, 9.17) is 5.73 Å². The second kappa shape index (κ2) is 6.05. The largest absolute Gasteiger partial charge is 0.399 e. The third-order valence-corrected chi connectivity index (χ3v) is 3.80. The number of ketones is 1. The van der Waals surface area contributed by atoms with Crippen LogP contribution in [0.5, 0.6) is 0 Å². The first-order valence-electron chi connectivity index (χ1n) is 7.94. The van der Waals surface area contributed by atoms with Gasteiger partial charge in [-0.1, -0.05) is 20.8 Å². The van der Waals surface area contributed by atoms with E-state index in [0.717, 1.165) is 0 Å². The van der Waals surface area contributed by atoms with Crippen LogP contribution in [-0.2, 0) is 0 Å². The third-order valence-electron chi connectivity index (χ3n) is 3.80. The van der Waals surface area contributed by atoms with E-state index < -0.39 is 5.41 Å². The third kappa shape index (κ3) is 3.52. The average molecular weight is 336 g/mol. The van der Waals surface area contributed by atoms with Crippen molar-refractivity contribution in [1.82, 2.24) is 9.38 Å². The first-order valence-corrected chi connectivity index (χ1v) is 7.94. The second-order valence-corrected chi connectivity index (χ2v) is 6.96. The van der Waals surface area contributed by atoms with Crippen LogP contribution in [0.15, 0.2) is 48.8 Å². The molecule has 0 aliphatic heterocycles. The SMILES string of the molecule is CC(C)(C)C(=O)c1cn2cc(NC(=O)c3ccc(N)cc3)ccc2n1. The van der Waals surface area contributed by atoms with Gasteiger partial charge < -0.3 is 15.5 Å². The normalized spacial score (nSPS) is 11.5. The van der Waals surface area contributed by atoms with Crippen LogP contribution in [-0.4, -0.2) is 21.1 Å². The highest BCUT2D eigenvalue weighted by Gasteiger charge is 2.25. The van der Waals surface area contributed by atoms with Crippen LogP contribution in [0.2, 0.25) is 0 Å². The molecule has 0 spiro atoms. The molecule has 1 aromatic carbocycles. The highest BCUT2D eigenvalue weighted by Crippen LogP contribution is 2.21. The topological polar surface area (TPSA) is 89.5 Å². The van der Waals surface area contributed by atoms with E-state index in [1.165, 1.54) is 0 Å². The van der Waals surface area contributed by atoms with Crippen molar-refractivity contribution in [3.63, 3.8) is 0 Å². The Labute approximate surface area is 145 Å². The highest BCUT2D eigenvalue weighted by molar-refractivity contribution is 6.04. The molecule has 6 nitrogen and oxygen atoms in total. The number of amides is 1. The van der Waals surface area contributed by atoms with Crippen LogP contribution < -0.4 is 11.1 Å². The molecule has 2 aromatic heterocycles. The Bertz CT molecular complexity index is 950. The molecular weight excluding hydrogens is 316 g/mol. The number of fused-ring (bicyclic) bond motifs is 1. The number of nitrogens with one attached hydrogen (secondary N) is 1. The van der Waals surface area contributed by atoms with Crippen LogP contribution in [0.4, 0.5) is 11.4 Å². The summed E-state index contributed by atoms with van der Waals surface area (Å²) in [4.78, 5) is 29.0. The molecule has 0 fully saturated rings. The number of pyridine rings is 1. The van der Waals surface area contributed by atoms with Crippen molar-refractivity contribution in [2.24, 2.45) is 5.41 Å². The van der Waals surface area contributed by atoms with E-state index in [0.29, 0.717) is 28.3 Å². The van der Waals surface area contributed by atoms with E-state index >= 15 is 0 Å². The molecule has 0 radical (unpaired) electrons. The minimum atomic E-state index is -0.496. The summed E-state index contributed by atoms with van der Waals surface area (Å²) in [5.74, 6) is -0.255. The lowest BCUT2D eigenvalue weighted by Crippen LogP contribution is -2.20. The van der Waals surface area contributed by atoms with Crippen LogP contribution in [0.1, 0.15) is 41.6 Å². The summed E-state index contributed by atoms with van der Waals surface area (Å²) in [6.07, 6.45) is 3.42. The number of carbonyl (C=O) groups excluding carboxylic acids is 2. The number of nitrogens with two attached hydrogens (primary N) is 1. The zero-order valence-electron chi connectivity index (χ0n) is 14.4. The molecule has 25 heavy (non-hydrogen) atoms. The number of hydrogen-bond acceptors (Lipinski definition) is 4. The van der Waals surface area contributed by atoms with E-state index in [-0.39, 0.29) is 11.7 Å². The maximum atomic E-state index is 12.4. The number of rotatable bonds is 3. The number of nitrogen functional groups attached to an aromatic ring is 1. The van der Waals surface area contributed by atoms with E-state index in [9.17, 15) is 9.59 Å². The Morgan fingerprint density at radius 3 is 2.36 bits per heavy atom. The number of nitrogens with zero attached hydrogens (tertiary/aromatic N) is 2. The second-order valence-electron chi connectivity index (χ2n) is 6.96. The lowest BCUT2D eigenvalue weighted by molar-refractivity contribution is 0.0853. The summed E-state index contributed by atoms with van der Waals surface area (Å²) in [6.45, 7) is 5.58. The number of aromatic nitrogens is 2. The Kier molecular flexibility index (Phi) is 4.04. The summed E-state index contributed by atoms with van der Waals surface area (Å²) < 4.78 is 1.73. The Morgan fingerprint density at radius 2 is 1.72 bits per heavy atom. The molecule has 0 saturated heterocycles. The number of imidazole rings is 1. The molecule has 0 aliphatic carbocycles. The first kappa shape index (κ1) is 16.7. The molecule has 0 aliphatic rings. The Morgan fingerprint density at radius 1 is 1.04 bits per heavy atom. The van der Waals surface area contributed by atoms with Gasteiger partial charge in [0.15, 0.2) is 5.78 Å². The zero-order chi connectivity index (χ0) is 18.2. The molecule has 3 aromatic rings. The van der Waals surface area contributed by atoms with Gasteiger partial charge in [0.05, 0.1) is 5.69 Å². The minimum Gasteiger partial charge on any atom is -0.399 e. The number of anilines is 2. The molecule has 3 rings (SSSR count). The fourth-order valence-corrected chi connectivity index (χ4v) is 2.40. The van der Waals surface area contributed by atoms with Crippen molar-refractivity contribution in [2.75, 3.05) is 11.1 Å². The van der Waals surface area contributed by atoms with Crippen LogP contribution in [0.25, 0.3) is 5.65 Å². The molecular formula is C19H20N4O2. The van der Waals surface area contributed by atoms with Gasteiger partial charge in [-0.05, 0) is 36.4 Å². The van der Waals surface area contributed by atoms with Crippen molar-refractivity contribution < 1.29 is 9.59 Å². The fraction of sp³-hybridized carbons (Fsp3) is 0.211. The van der Waals surface area contributed by atoms with Gasteiger partial charge in [-0.2, -0.15) is 0 Å². The van der Waals surface area contributed by atoms with Crippen LogP contribution >= 0.6 is 0 Å². The van der Waals surface area contributed by atoms with Gasteiger partial charge in [-0.25, -0.2) is 4.98 Å². The predicted octanol–water partition coefficient (Wildman–Crippen LogP) is 3.40. The van der Waals surface area contributed by atoms with Crippen molar-refractivity contribution in [3.8, 4) is 0 Å². The summed E-state index contributed by atoms with van der Waals surface area (Å²) >= 11 is 0. The molecule has 2 heterocycles. The van der Waals surface area contributed by atoms with Gasteiger partial charge in [0, 0.05) is 29.1 Å². The van der Waals surface area contributed by atoms with Crippen molar-refractivity contribution in [1.29, 1.82) is 0 Å². The smallest absolute Gasteiger partial charge is 0.255 e. The first-order chi connectivity index (χ1) is 11.7. The number of hydrogen-bond donors (Lipinski definition) is 2. The molecule has 0 unspecified atom stereocenters. The monoisotopic (exact) mass is 336 g/mol. The Hall–Kier alpha value is -3.15. The number of carbonyl (C=O) groups is 2. The van der Waals surface area contributed by atoms with E-state index in [2.05, 4.69) is 10.3 Å². The summed E-state index contributed by atoms with van der Waals surface area (Å²) in [6, 6.07) is 10.2. The number of Topliss-reactive ketones (excluding diaryl/α,β-unsaturated/α-hetero) is 1. The lowest BCUT2D eigenvalue weighted by atomic mass is 9.89. The molecule has 0 bridgehead atoms. The summed E-state index contributed by atoms with van der Waals surface area (Å²) in [7, 11) is 0. The summed E-state index contributed by atoms with van der Waals surface area (Å²) in [5.41, 5.74) is 7.93. The van der Waals surface area contributed by atoms with Crippen molar-refractivity contribution in [2.45, 2.75) is 20.8 Å².